The lowest BCUT2D eigenvalue weighted by atomic mass is 9.61. The number of Topliss-reactive ketones (excluding diaryl/α,β-unsaturated/α-hetero) is 3. The number of benzene rings is 1. The first kappa shape index (κ1) is 23.3. The van der Waals surface area contributed by atoms with E-state index in [1.165, 1.54) is 6.92 Å². The molecular formula is C26H27ClO6. The van der Waals surface area contributed by atoms with Crippen molar-refractivity contribution in [3.63, 3.8) is 0 Å². The normalized spacial score (nSPS) is 24.9. The number of fused-ring (bicyclic) bond motifs is 3. The van der Waals surface area contributed by atoms with Crippen molar-refractivity contribution < 1.29 is 29.7 Å². The van der Waals surface area contributed by atoms with Crippen molar-refractivity contribution in [3.05, 3.63) is 51.8 Å². The Labute approximate surface area is 197 Å². The molecule has 0 aliphatic heterocycles. The summed E-state index contributed by atoms with van der Waals surface area (Å²) < 4.78 is 0. The first-order valence-corrected chi connectivity index (χ1v) is 11.3. The second-order valence-electron chi connectivity index (χ2n) is 10.3. The molecule has 0 amide bonds. The van der Waals surface area contributed by atoms with Gasteiger partial charge in [-0.2, -0.15) is 0 Å². The van der Waals surface area contributed by atoms with E-state index < -0.39 is 46.3 Å². The molecule has 174 valence electrons. The van der Waals surface area contributed by atoms with Crippen LogP contribution in [0.1, 0.15) is 62.8 Å². The number of aromatic hydroxyl groups is 1. The number of ketones is 3. The average molecular weight is 471 g/mol. The van der Waals surface area contributed by atoms with Crippen LogP contribution in [-0.2, 0) is 26.2 Å². The molecule has 1 aromatic carbocycles. The largest absolute Gasteiger partial charge is 0.511 e. The molecule has 1 aromatic rings. The second kappa shape index (κ2) is 7.59. The molecule has 3 atom stereocenters. The standard InChI is InChI=1S/C26H27ClO6/c1-10(27)14-9-16(26(3,4)5)22(30)21-15(14)7-12-6-13-8-17(29)18(11(2)28)23(31)20(13)24(32)19(12)25(21)33/h9,12-13,20,30-31,33H,1,6-8H2,2-5H3. The van der Waals surface area contributed by atoms with Gasteiger partial charge in [-0.15, -0.1) is 0 Å². The lowest BCUT2D eigenvalue weighted by Gasteiger charge is -2.41. The molecule has 0 heterocycles. The maximum Gasteiger partial charge on any atom is 0.173 e. The van der Waals surface area contributed by atoms with Gasteiger partial charge in [-0.1, -0.05) is 39.0 Å². The molecule has 7 heteroatoms. The van der Waals surface area contributed by atoms with Crippen LogP contribution < -0.4 is 0 Å². The molecule has 0 bridgehead atoms. The molecule has 3 aliphatic carbocycles. The van der Waals surface area contributed by atoms with Crippen molar-refractivity contribution in [1.82, 2.24) is 0 Å². The highest BCUT2D eigenvalue weighted by Crippen LogP contribution is 2.52. The Morgan fingerprint density at radius 3 is 2.33 bits per heavy atom. The number of carbonyl (C=O) groups is 3. The maximum atomic E-state index is 13.6. The molecule has 0 aromatic heterocycles. The van der Waals surface area contributed by atoms with E-state index >= 15 is 0 Å². The summed E-state index contributed by atoms with van der Waals surface area (Å²) in [7, 11) is 0. The molecule has 0 spiro atoms. The second-order valence-corrected chi connectivity index (χ2v) is 10.7. The number of phenols is 1. The van der Waals surface area contributed by atoms with E-state index in [1.807, 2.05) is 20.8 Å². The molecule has 1 fully saturated rings. The van der Waals surface area contributed by atoms with Gasteiger partial charge in [0.25, 0.3) is 0 Å². The summed E-state index contributed by atoms with van der Waals surface area (Å²) in [5.41, 5.74) is 1.19. The monoisotopic (exact) mass is 470 g/mol. The van der Waals surface area contributed by atoms with E-state index in [-0.39, 0.29) is 39.7 Å². The predicted molar refractivity (Wildman–Crippen MR) is 125 cm³/mol. The zero-order valence-electron chi connectivity index (χ0n) is 19.1. The minimum atomic E-state index is -1.06. The Morgan fingerprint density at radius 2 is 1.79 bits per heavy atom. The number of carbonyl (C=O) groups excluding carboxylic acids is 3. The molecular weight excluding hydrogens is 444 g/mol. The molecule has 4 rings (SSSR count). The first-order valence-electron chi connectivity index (χ1n) is 10.9. The molecule has 0 saturated heterocycles. The zero-order valence-corrected chi connectivity index (χ0v) is 19.8. The fraction of sp³-hybridized carbons (Fsp3) is 0.423. The third-order valence-electron chi connectivity index (χ3n) is 7.09. The molecule has 0 radical (unpaired) electrons. The van der Waals surface area contributed by atoms with Gasteiger partial charge in [0, 0.05) is 22.6 Å². The summed E-state index contributed by atoms with van der Waals surface area (Å²) >= 11 is 6.30. The van der Waals surface area contributed by atoms with Gasteiger partial charge < -0.3 is 15.3 Å². The van der Waals surface area contributed by atoms with E-state index in [0.717, 1.165) is 0 Å². The Balaban J connectivity index is 1.96. The molecule has 3 unspecified atom stereocenters. The summed E-state index contributed by atoms with van der Waals surface area (Å²) in [6.07, 6.45) is 0.670. The van der Waals surface area contributed by atoms with E-state index in [1.54, 1.807) is 6.07 Å². The zero-order chi connectivity index (χ0) is 24.6. The van der Waals surface area contributed by atoms with E-state index in [9.17, 15) is 29.7 Å². The van der Waals surface area contributed by atoms with Crippen LogP contribution in [0.2, 0.25) is 0 Å². The molecule has 6 nitrogen and oxygen atoms in total. The van der Waals surface area contributed by atoms with Crippen molar-refractivity contribution in [2.24, 2.45) is 17.8 Å². The van der Waals surface area contributed by atoms with Crippen molar-refractivity contribution in [1.29, 1.82) is 0 Å². The Bertz CT molecular complexity index is 1210. The number of phenolic OH excluding ortho intramolecular Hbond substituents is 1. The first-order chi connectivity index (χ1) is 15.3. The van der Waals surface area contributed by atoms with E-state index in [2.05, 4.69) is 6.58 Å². The van der Waals surface area contributed by atoms with Gasteiger partial charge in [0.2, 0.25) is 0 Å². The maximum absolute atomic E-state index is 13.6. The van der Waals surface area contributed by atoms with Crippen molar-refractivity contribution >= 4 is 39.7 Å². The SMILES string of the molecule is C=C(Cl)c1cc(C(C)(C)C)c(O)c2c1CC1CC3CC(=O)C(C(C)=O)=C(O)C3C(=O)C1=C2O. The highest BCUT2D eigenvalue weighted by atomic mass is 35.5. The van der Waals surface area contributed by atoms with Crippen LogP contribution >= 0.6 is 11.6 Å². The number of rotatable bonds is 2. The summed E-state index contributed by atoms with van der Waals surface area (Å²) in [4.78, 5) is 38.0. The number of aliphatic hydroxyl groups excluding tert-OH is 2. The van der Waals surface area contributed by atoms with Gasteiger partial charge in [0.05, 0.1) is 17.1 Å². The van der Waals surface area contributed by atoms with E-state index in [4.69, 9.17) is 11.6 Å². The quantitative estimate of drug-likeness (QED) is 0.529. The van der Waals surface area contributed by atoms with Crippen LogP contribution in [0.3, 0.4) is 0 Å². The fourth-order valence-electron chi connectivity index (χ4n) is 5.64. The molecule has 33 heavy (non-hydrogen) atoms. The third kappa shape index (κ3) is 3.43. The van der Waals surface area contributed by atoms with Crippen LogP contribution in [0.5, 0.6) is 5.75 Å². The summed E-state index contributed by atoms with van der Waals surface area (Å²) in [6.45, 7) is 10.8. The number of allylic oxidation sites excluding steroid dienone is 3. The molecule has 3 N–H and O–H groups in total. The number of hydrogen-bond donors (Lipinski definition) is 3. The Morgan fingerprint density at radius 1 is 1.15 bits per heavy atom. The summed E-state index contributed by atoms with van der Waals surface area (Å²) in [5.74, 6) is -4.51. The van der Waals surface area contributed by atoms with E-state index in [0.29, 0.717) is 29.5 Å². The Kier molecular flexibility index (Phi) is 5.36. The smallest absolute Gasteiger partial charge is 0.173 e. The van der Waals surface area contributed by atoms with Crippen LogP contribution in [0, 0.1) is 17.8 Å². The number of aliphatic hydroxyl groups is 2. The van der Waals surface area contributed by atoms with Gasteiger partial charge in [0.15, 0.2) is 17.3 Å². The van der Waals surface area contributed by atoms with Crippen molar-refractivity contribution in [2.45, 2.75) is 52.4 Å². The van der Waals surface area contributed by atoms with Crippen LogP contribution in [0.15, 0.2) is 29.6 Å². The lowest BCUT2D eigenvalue weighted by Crippen LogP contribution is -2.43. The fourth-order valence-corrected chi connectivity index (χ4v) is 5.80. The lowest BCUT2D eigenvalue weighted by molar-refractivity contribution is -0.127. The average Bonchev–Trinajstić information content (AvgIpc) is 2.65. The number of hydrogen-bond acceptors (Lipinski definition) is 6. The predicted octanol–water partition coefficient (Wildman–Crippen LogP) is 4.92. The highest BCUT2D eigenvalue weighted by molar-refractivity contribution is 6.48. The minimum Gasteiger partial charge on any atom is -0.511 e. The van der Waals surface area contributed by atoms with Gasteiger partial charge >= 0.3 is 0 Å². The molecule has 1 saturated carbocycles. The van der Waals surface area contributed by atoms with Crippen LogP contribution in [0.4, 0.5) is 0 Å². The van der Waals surface area contributed by atoms with Crippen LogP contribution in [-0.4, -0.2) is 32.7 Å². The number of halogens is 1. The van der Waals surface area contributed by atoms with Gasteiger partial charge in [0.1, 0.15) is 17.3 Å². The summed E-state index contributed by atoms with van der Waals surface area (Å²) in [6, 6.07) is 1.77. The van der Waals surface area contributed by atoms with Crippen LogP contribution in [0.25, 0.3) is 10.8 Å². The third-order valence-corrected chi connectivity index (χ3v) is 7.30. The van der Waals surface area contributed by atoms with Gasteiger partial charge in [-0.25, -0.2) is 0 Å². The van der Waals surface area contributed by atoms with Gasteiger partial charge in [-0.05, 0) is 54.2 Å². The Hall–Kier alpha value is -2.86. The van der Waals surface area contributed by atoms with Crippen molar-refractivity contribution in [2.75, 3.05) is 0 Å². The van der Waals surface area contributed by atoms with Crippen molar-refractivity contribution in [3.8, 4) is 5.75 Å². The molecule has 3 aliphatic rings. The topological polar surface area (TPSA) is 112 Å². The van der Waals surface area contributed by atoms with Gasteiger partial charge in [-0.3, -0.25) is 14.4 Å². The summed E-state index contributed by atoms with van der Waals surface area (Å²) in [5, 5.41) is 33.4. The minimum absolute atomic E-state index is 0.0178. The highest BCUT2D eigenvalue weighted by Gasteiger charge is 2.51.